The van der Waals surface area contributed by atoms with Gasteiger partial charge in [-0.25, -0.2) is 13.1 Å². The quantitative estimate of drug-likeness (QED) is 0.888. The Bertz CT molecular complexity index is 719. The number of hydrogen-bond acceptors (Lipinski definition) is 4. The number of hydrogen-bond donors (Lipinski definition) is 2. The molecule has 21 heavy (non-hydrogen) atoms. The van der Waals surface area contributed by atoms with Gasteiger partial charge >= 0.3 is 0 Å². The van der Waals surface area contributed by atoms with E-state index in [9.17, 15) is 8.42 Å². The molecule has 2 aromatic rings. The second kappa shape index (κ2) is 6.11. The Kier molecular flexibility index (Phi) is 4.21. The van der Waals surface area contributed by atoms with Crippen molar-refractivity contribution in [2.45, 2.75) is 11.0 Å². The Labute approximate surface area is 124 Å². The minimum absolute atomic E-state index is 0.122. The monoisotopic (exact) mass is 306 g/mol. The molecule has 0 spiro atoms. The lowest BCUT2D eigenvalue weighted by atomic mass is 10.1. The molecule has 0 aromatic heterocycles. The summed E-state index contributed by atoms with van der Waals surface area (Å²) in [4.78, 5) is 0.310. The topological polar surface area (TPSA) is 67.4 Å². The molecule has 0 saturated carbocycles. The smallest absolute Gasteiger partial charge is 0.241 e. The highest BCUT2D eigenvalue weighted by atomic mass is 32.2. The lowest BCUT2D eigenvalue weighted by molar-refractivity contribution is 0.0324. The molecule has 1 heterocycles. The minimum atomic E-state index is -3.54. The third kappa shape index (κ3) is 3.24. The average Bonchev–Trinajstić information content (AvgIpc) is 2.53. The van der Waals surface area contributed by atoms with Crippen LogP contribution in [0.3, 0.4) is 0 Å². The molecule has 3 rings (SSSR count). The van der Waals surface area contributed by atoms with Crippen molar-refractivity contribution in [1.29, 1.82) is 0 Å². The van der Waals surface area contributed by atoms with Gasteiger partial charge < -0.3 is 10.1 Å². The van der Waals surface area contributed by atoms with Crippen LogP contribution in [0.4, 0.5) is 0 Å². The number of ether oxygens (including phenoxy) is 1. The van der Waals surface area contributed by atoms with Crippen LogP contribution in [0.25, 0.3) is 10.8 Å². The zero-order chi connectivity index (χ0) is 14.7. The molecule has 1 atom stereocenters. The number of morpholine rings is 1. The number of benzene rings is 2. The first kappa shape index (κ1) is 14.5. The zero-order valence-corrected chi connectivity index (χ0v) is 12.4. The van der Waals surface area contributed by atoms with E-state index in [1.807, 2.05) is 30.3 Å². The van der Waals surface area contributed by atoms with Crippen molar-refractivity contribution in [3.05, 3.63) is 42.5 Å². The van der Waals surface area contributed by atoms with Crippen LogP contribution < -0.4 is 10.0 Å². The maximum Gasteiger partial charge on any atom is 0.241 e. The number of sulfonamides is 1. The summed E-state index contributed by atoms with van der Waals surface area (Å²) in [7, 11) is -3.54. The molecular formula is C15H18N2O3S. The lowest BCUT2D eigenvalue weighted by Gasteiger charge is -2.23. The molecule has 1 unspecified atom stereocenters. The number of fused-ring (bicyclic) bond motifs is 1. The van der Waals surface area contributed by atoms with E-state index >= 15 is 0 Å². The van der Waals surface area contributed by atoms with Crippen LogP contribution >= 0.6 is 0 Å². The highest BCUT2D eigenvalue weighted by Crippen LogP contribution is 2.22. The maximum atomic E-state index is 12.5. The second-order valence-electron chi connectivity index (χ2n) is 5.03. The van der Waals surface area contributed by atoms with E-state index in [-0.39, 0.29) is 12.6 Å². The molecule has 1 fully saturated rings. The summed E-state index contributed by atoms with van der Waals surface area (Å²) in [6, 6.07) is 12.8. The van der Waals surface area contributed by atoms with Crippen molar-refractivity contribution >= 4 is 20.8 Å². The molecule has 0 amide bonds. The molecule has 0 aliphatic carbocycles. The SMILES string of the molecule is O=S(=O)(NCC1CNCCO1)c1cccc2ccccc12. The lowest BCUT2D eigenvalue weighted by Crippen LogP contribution is -2.45. The van der Waals surface area contributed by atoms with Crippen LogP contribution in [0, 0.1) is 0 Å². The first-order valence-corrected chi connectivity index (χ1v) is 8.45. The Balaban J connectivity index is 1.83. The van der Waals surface area contributed by atoms with Gasteiger partial charge in [0.1, 0.15) is 0 Å². The Morgan fingerprint density at radius 3 is 2.81 bits per heavy atom. The van der Waals surface area contributed by atoms with Gasteiger partial charge in [0.15, 0.2) is 0 Å². The van der Waals surface area contributed by atoms with Crippen LogP contribution in [0.5, 0.6) is 0 Å². The van der Waals surface area contributed by atoms with E-state index < -0.39 is 10.0 Å². The van der Waals surface area contributed by atoms with Crippen LogP contribution in [0.1, 0.15) is 0 Å². The summed E-state index contributed by atoms with van der Waals surface area (Å²) in [5, 5.41) is 4.83. The zero-order valence-electron chi connectivity index (χ0n) is 11.6. The predicted molar refractivity (Wildman–Crippen MR) is 81.7 cm³/mol. The summed E-state index contributed by atoms with van der Waals surface area (Å²) in [6.07, 6.45) is -0.122. The van der Waals surface area contributed by atoms with Gasteiger partial charge in [0.05, 0.1) is 17.6 Å². The summed E-state index contributed by atoms with van der Waals surface area (Å²) >= 11 is 0. The van der Waals surface area contributed by atoms with Crippen LogP contribution in [0.2, 0.25) is 0 Å². The molecule has 1 saturated heterocycles. The maximum absolute atomic E-state index is 12.5. The highest BCUT2D eigenvalue weighted by Gasteiger charge is 2.20. The fourth-order valence-electron chi connectivity index (χ4n) is 2.46. The van der Waals surface area contributed by atoms with Gasteiger partial charge in [-0.3, -0.25) is 0 Å². The highest BCUT2D eigenvalue weighted by molar-refractivity contribution is 7.89. The molecule has 112 valence electrons. The van der Waals surface area contributed by atoms with Crippen molar-refractivity contribution in [2.75, 3.05) is 26.2 Å². The van der Waals surface area contributed by atoms with Gasteiger partial charge in [0, 0.05) is 25.0 Å². The standard InChI is InChI=1S/C15H18N2O3S/c18-21(19,17-11-13-10-16-8-9-20-13)15-7-3-5-12-4-1-2-6-14(12)15/h1-7,13,16-17H,8-11H2. The summed E-state index contributed by atoms with van der Waals surface area (Å²) in [6.45, 7) is 2.36. The van der Waals surface area contributed by atoms with Gasteiger partial charge in [-0.2, -0.15) is 0 Å². The molecule has 0 bridgehead atoms. The minimum Gasteiger partial charge on any atom is -0.374 e. The number of rotatable bonds is 4. The van der Waals surface area contributed by atoms with Crippen LogP contribution in [-0.2, 0) is 14.8 Å². The number of nitrogens with one attached hydrogen (secondary N) is 2. The predicted octanol–water partition coefficient (Wildman–Crippen LogP) is 1.11. The van der Waals surface area contributed by atoms with E-state index in [1.165, 1.54) is 0 Å². The van der Waals surface area contributed by atoms with Crippen molar-refractivity contribution in [1.82, 2.24) is 10.0 Å². The Hall–Kier alpha value is -1.47. The van der Waals surface area contributed by atoms with Crippen LogP contribution in [0.15, 0.2) is 47.4 Å². The van der Waals surface area contributed by atoms with Crippen LogP contribution in [-0.4, -0.2) is 40.8 Å². The van der Waals surface area contributed by atoms with Gasteiger partial charge in [-0.1, -0.05) is 36.4 Å². The molecule has 1 aliphatic heterocycles. The third-order valence-corrected chi connectivity index (χ3v) is 5.03. The van der Waals surface area contributed by atoms with Crippen molar-refractivity contribution in [3.63, 3.8) is 0 Å². The summed E-state index contributed by atoms with van der Waals surface area (Å²) in [5.41, 5.74) is 0. The van der Waals surface area contributed by atoms with Crippen molar-refractivity contribution < 1.29 is 13.2 Å². The average molecular weight is 306 g/mol. The summed E-state index contributed by atoms with van der Waals surface area (Å²) < 4.78 is 33.2. The van der Waals surface area contributed by atoms with Gasteiger partial charge in [0.2, 0.25) is 10.0 Å². The van der Waals surface area contributed by atoms with Crippen molar-refractivity contribution in [2.24, 2.45) is 0 Å². The van der Waals surface area contributed by atoms with Gasteiger partial charge in [0.25, 0.3) is 0 Å². The van der Waals surface area contributed by atoms with E-state index in [0.29, 0.717) is 18.0 Å². The Morgan fingerprint density at radius 1 is 1.19 bits per heavy atom. The normalized spacial score (nSPS) is 19.7. The van der Waals surface area contributed by atoms with E-state index in [4.69, 9.17) is 4.74 Å². The van der Waals surface area contributed by atoms with E-state index in [1.54, 1.807) is 12.1 Å². The molecule has 5 nitrogen and oxygen atoms in total. The Morgan fingerprint density at radius 2 is 2.00 bits per heavy atom. The van der Waals surface area contributed by atoms with E-state index in [2.05, 4.69) is 10.0 Å². The first-order chi connectivity index (χ1) is 10.2. The second-order valence-corrected chi connectivity index (χ2v) is 6.76. The molecule has 6 heteroatoms. The molecular weight excluding hydrogens is 288 g/mol. The fraction of sp³-hybridized carbons (Fsp3) is 0.333. The van der Waals surface area contributed by atoms with Gasteiger partial charge in [-0.05, 0) is 11.5 Å². The third-order valence-electron chi connectivity index (χ3n) is 3.54. The molecule has 2 aromatic carbocycles. The van der Waals surface area contributed by atoms with Gasteiger partial charge in [-0.15, -0.1) is 0 Å². The van der Waals surface area contributed by atoms with E-state index in [0.717, 1.165) is 17.3 Å². The fourth-order valence-corrected chi connectivity index (χ4v) is 3.76. The van der Waals surface area contributed by atoms with Crippen molar-refractivity contribution in [3.8, 4) is 0 Å². The first-order valence-electron chi connectivity index (χ1n) is 6.96. The largest absolute Gasteiger partial charge is 0.374 e. The molecule has 1 aliphatic rings. The molecule has 2 N–H and O–H groups in total. The summed E-state index contributed by atoms with van der Waals surface area (Å²) in [5.74, 6) is 0. The molecule has 0 radical (unpaired) electrons.